The summed E-state index contributed by atoms with van der Waals surface area (Å²) < 4.78 is 7.80. The number of ether oxygens (including phenoxy) is 1. The molecule has 1 aliphatic heterocycles. The minimum Gasteiger partial charge on any atom is -0.494 e. The summed E-state index contributed by atoms with van der Waals surface area (Å²) in [4.78, 5) is 11.9. The monoisotopic (exact) mass is 412 g/mol. The van der Waals surface area contributed by atoms with Crippen LogP contribution in [0.5, 0.6) is 5.75 Å². The van der Waals surface area contributed by atoms with Crippen LogP contribution in [0.4, 0.5) is 5.82 Å². The van der Waals surface area contributed by atoms with Gasteiger partial charge in [-0.25, -0.2) is 9.97 Å². The smallest absolute Gasteiger partial charge is 0.150 e. The number of anilines is 1. The third kappa shape index (κ3) is 3.76. The van der Waals surface area contributed by atoms with Gasteiger partial charge in [-0.05, 0) is 55.5 Å². The number of hydrogen-bond acceptors (Lipinski definition) is 4. The zero-order chi connectivity index (χ0) is 21.2. The molecule has 158 valence electrons. The Morgan fingerprint density at radius 1 is 1.03 bits per heavy atom. The summed E-state index contributed by atoms with van der Waals surface area (Å²) in [6.07, 6.45) is 6.38. The second kappa shape index (κ2) is 8.42. The first-order valence-corrected chi connectivity index (χ1v) is 11.1. The van der Waals surface area contributed by atoms with E-state index in [0.29, 0.717) is 12.5 Å². The molecule has 4 aromatic rings. The number of aromatic nitrogens is 3. The molecule has 3 heterocycles. The van der Waals surface area contributed by atoms with E-state index in [1.807, 2.05) is 19.1 Å². The standard InChI is InChI=1S/C26H28N4O/c1-3-31-22-13-11-21(12-14-22)30-17-23(20-9-5-4-6-10-20)24-25(27-18-28-26(24)30)29-15-7-8-19(2)16-29/h4-6,9-14,17-19H,3,7-8,15-16H2,1-2H3/t19-/m1/s1. The molecule has 0 N–H and O–H groups in total. The molecule has 1 atom stereocenters. The molecule has 0 amide bonds. The number of hydrogen-bond donors (Lipinski definition) is 0. The van der Waals surface area contributed by atoms with Gasteiger partial charge >= 0.3 is 0 Å². The summed E-state index contributed by atoms with van der Waals surface area (Å²) in [5.41, 5.74) is 4.34. The van der Waals surface area contributed by atoms with Gasteiger partial charge < -0.3 is 14.2 Å². The molecule has 31 heavy (non-hydrogen) atoms. The van der Waals surface area contributed by atoms with Crippen molar-refractivity contribution >= 4 is 16.9 Å². The fourth-order valence-electron chi connectivity index (χ4n) is 4.57. The van der Waals surface area contributed by atoms with Crippen LogP contribution in [0.3, 0.4) is 0 Å². The van der Waals surface area contributed by atoms with Crippen LogP contribution in [0.1, 0.15) is 26.7 Å². The van der Waals surface area contributed by atoms with Crippen LogP contribution in [-0.2, 0) is 0 Å². The first-order valence-electron chi connectivity index (χ1n) is 11.1. The number of nitrogens with zero attached hydrogens (tertiary/aromatic N) is 4. The van der Waals surface area contributed by atoms with Crippen molar-refractivity contribution < 1.29 is 4.74 Å². The van der Waals surface area contributed by atoms with Gasteiger partial charge in [0, 0.05) is 30.5 Å². The lowest BCUT2D eigenvalue weighted by Crippen LogP contribution is -2.35. The van der Waals surface area contributed by atoms with Crippen LogP contribution >= 0.6 is 0 Å². The van der Waals surface area contributed by atoms with E-state index in [1.165, 1.54) is 24.0 Å². The molecule has 0 saturated carbocycles. The molecule has 2 aromatic heterocycles. The summed E-state index contributed by atoms with van der Waals surface area (Å²) in [6.45, 7) is 7.06. The molecule has 5 rings (SSSR count). The van der Waals surface area contributed by atoms with Crippen LogP contribution in [0.2, 0.25) is 0 Å². The van der Waals surface area contributed by atoms with Crippen LogP contribution in [-0.4, -0.2) is 34.2 Å². The van der Waals surface area contributed by atoms with Gasteiger partial charge in [0.2, 0.25) is 0 Å². The van der Waals surface area contributed by atoms with Crippen molar-refractivity contribution in [2.45, 2.75) is 26.7 Å². The van der Waals surface area contributed by atoms with E-state index < -0.39 is 0 Å². The van der Waals surface area contributed by atoms with Crippen LogP contribution < -0.4 is 9.64 Å². The number of fused-ring (bicyclic) bond motifs is 1. The third-order valence-corrected chi connectivity index (χ3v) is 6.03. The van der Waals surface area contributed by atoms with Crippen molar-refractivity contribution in [3.8, 4) is 22.6 Å². The topological polar surface area (TPSA) is 43.2 Å². The van der Waals surface area contributed by atoms with E-state index in [2.05, 4.69) is 65.1 Å². The molecule has 0 unspecified atom stereocenters. The summed E-state index contributed by atoms with van der Waals surface area (Å²) in [6, 6.07) is 18.7. The van der Waals surface area contributed by atoms with E-state index in [1.54, 1.807) is 6.33 Å². The minimum absolute atomic E-state index is 0.662. The number of benzene rings is 2. The van der Waals surface area contributed by atoms with Crippen LogP contribution in [0, 0.1) is 5.92 Å². The molecule has 1 saturated heterocycles. The van der Waals surface area contributed by atoms with Crippen molar-refractivity contribution in [2.24, 2.45) is 5.92 Å². The Morgan fingerprint density at radius 2 is 1.84 bits per heavy atom. The molecule has 0 radical (unpaired) electrons. The average molecular weight is 413 g/mol. The lowest BCUT2D eigenvalue weighted by molar-refractivity contribution is 0.340. The highest BCUT2D eigenvalue weighted by atomic mass is 16.5. The Bertz CT molecular complexity index is 1170. The van der Waals surface area contributed by atoms with Gasteiger partial charge in [0.1, 0.15) is 17.9 Å². The van der Waals surface area contributed by atoms with Gasteiger partial charge in [-0.1, -0.05) is 37.3 Å². The van der Waals surface area contributed by atoms with E-state index in [-0.39, 0.29) is 0 Å². The molecule has 0 aliphatic carbocycles. The Kier molecular flexibility index (Phi) is 5.33. The normalized spacial score (nSPS) is 16.6. The second-order valence-electron chi connectivity index (χ2n) is 8.30. The van der Waals surface area contributed by atoms with Crippen molar-refractivity contribution in [3.05, 3.63) is 67.1 Å². The van der Waals surface area contributed by atoms with Gasteiger partial charge in [0.15, 0.2) is 5.65 Å². The summed E-state index contributed by atoms with van der Waals surface area (Å²) in [5.74, 6) is 2.59. The van der Waals surface area contributed by atoms with Crippen molar-refractivity contribution in [1.29, 1.82) is 0 Å². The highest BCUT2D eigenvalue weighted by Gasteiger charge is 2.24. The van der Waals surface area contributed by atoms with Gasteiger partial charge in [0.25, 0.3) is 0 Å². The lowest BCUT2D eigenvalue weighted by atomic mass is 9.99. The van der Waals surface area contributed by atoms with E-state index in [0.717, 1.165) is 41.4 Å². The third-order valence-electron chi connectivity index (χ3n) is 6.03. The summed E-state index contributed by atoms with van der Waals surface area (Å²) in [7, 11) is 0. The molecule has 5 heteroatoms. The maximum Gasteiger partial charge on any atom is 0.150 e. The van der Waals surface area contributed by atoms with Crippen molar-refractivity contribution in [3.63, 3.8) is 0 Å². The minimum atomic E-state index is 0.662. The quantitative estimate of drug-likeness (QED) is 0.420. The highest BCUT2D eigenvalue weighted by Crippen LogP contribution is 2.38. The highest BCUT2D eigenvalue weighted by molar-refractivity contribution is 6.02. The van der Waals surface area contributed by atoms with Gasteiger partial charge in [-0.2, -0.15) is 0 Å². The maximum atomic E-state index is 5.63. The average Bonchev–Trinajstić information content (AvgIpc) is 3.20. The zero-order valence-corrected chi connectivity index (χ0v) is 18.2. The van der Waals surface area contributed by atoms with E-state index in [4.69, 9.17) is 14.7 Å². The first-order chi connectivity index (χ1) is 15.2. The van der Waals surface area contributed by atoms with Crippen molar-refractivity contribution in [2.75, 3.05) is 24.6 Å². The molecular weight excluding hydrogens is 384 g/mol. The molecule has 0 spiro atoms. The number of piperidine rings is 1. The molecule has 1 aliphatic rings. The fraction of sp³-hybridized carbons (Fsp3) is 0.308. The van der Waals surface area contributed by atoms with Gasteiger partial charge in [-0.3, -0.25) is 0 Å². The van der Waals surface area contributed by atoms with Crippen LogP contribution in [0.25, 0.3) is 27.8 Å². The largest absolute Gasteiger partial charge is 0.494 e. The fourth-order valence-corrected chi connectivity index (χ4v) is 4.57. The molecule has 5 nitrogen and oxygen atoms in total. The van der Waals surface area contributed by atoms with Gasteiger partial charge in [-0.15, -0.1) is 0 Å². The Morgan fingerprint density at radius 3 is 2.58 bits per heavy atom. The SMILES string of the molecule is CCOc1ccc(-n2cc(-c3ccccc3)c3c(N4CCC[C@@H](C)C4)ncnc32)cc1. The van der Waals surface area contributed by atoms with E-state index in [9.17, 15) is 0 Å². The molecule has 0 bridgehead atoms. The molecule has 2 aromatic carbocycles. The maximum absolute atomic E-state index is 5.63. The summed E-state index contributed by atoms with van der Waals surface area (Å²) in [5, 5.41) is 1.12. The molecular formula is C26H28N4O. The Balaban J connectivity index is 1.70. The van der Waals surface area contributed by atoms with Crippen molar-refractivity contribution in [1.82, 2.24) is 14.5 Å². The zero-order valence-electron chi connectivity index (χ0n) is 18.2. The second-order valence-corrected chi connectivity index (χ2v) is 8.30. The number of rotatable bonds is 5. The van der Waals surface area contributed by atoms with E-state index >= 15 is 0 Å². The first kappa shape index (κ1) is 19.6. The Hall–Kier alpha value is -3.34. The van der Waals surface area contributed by atoms with Crippen LogP contribution in [0.15, 0.2) is 67.1 Å². The summed E-state index contributed by atoms with van der Waals surface area (Å²) >= 11 is 0. The predicted octanol–water partition coefficient (Wildman–Crippen LogP) is 5.72. The predicted molar refractivity (Wildman–Crippen MR) is 126 cm³/mol. The molecule has 1 fully saturated rings. The lowest BCUT2D eigenvalue weighted by Gasteiger charge is -2.32. The Labute approximate surface area is 183 Å². The van der Waals surface area contributed by atoms with Gasteiger partial charge in [0.05, 0.1) is 12.0 Å².